The summed E-state index contributed by atoms with van der Waals surface area (Å²) in [4.78, 5) is 11.1. The van der Waals surface area contributed by atoms with E-state index in [0.29, 0.717) is 11.6 Å². The molecule has 0 heterocycles. The molecular formula is C14H23NO2. The molecule has 0 aromatic carbocycles. The smallest absolute Gasteiger partial charge is 0.245 e. The van der Waals surface area contributed by atoms with Gasteiger partial charge in [-0.1, -0.05) is 38.5 Å². The van der Waals surface area contributed by atoms with E-state index in [1.807, 2.05) is 6.08 Å². The molecule has 0 aliphatic heterocycles. The molecule has 0 radical (unpaired) electrons. The Labute approximate surface area is 103 Å². The molecule has 0 aromatic heterocycles. The van der Waals surface area contributed by atoms with E-state index in [1.165, 1.54) is 38.5 Å². The maximum absolute atomic E-state index is 11.2. The topological polar surface area (TPSA) is 43.1 Å². The Morgan fingerprint density at radius 1 is 0.941 bits per heavy atom. The van der Waals surface area contributed by atoms with Crippen molar-refractivity contribution < 1.29 is 4.92 Å². The van der Waals surface area contributed by atoms with Gasteiger partial charge >= 0.3 is 0 Å². The van der Waals surface area contributed by atoms with Crippen molar-refractivity contribution in [3.05, 3.63) is 21.9 Å². The number of rotatable bonds is 3. The Morgan fingerprint density at radius 3 is 2.00 bits per heavy atom. The van der Waals surface area contributed by atoms with Crippen LogP contribution in [0, 0.1) is 22.0 Å². The highest BCUT2D eigenvalue weighted by atomic mass is 16.6. The van der Waals surface area contributed by atoms with Gasteiger partial charge < -0.3 is 0 Å². The van der Waals surface area contributed by atoms with Crippen molar-refractivity contribution >= 4 is 0 Å². The predicted octanol–water partition coefficient (Wildman–Crippen LogP) is 4.31. The third-order valence-corrected chi connectivity index (χ3v) is 4.29. The molecule has 2 fully saturated rings. The van der Waals surface area contributed by atoms with Crippen LogP contribution in [0.1, 0.15) is 64.2 Å². The third kappa shape index (κ3) is 3.55. The zero-order chi connectivity index (χ0) is 12.1. The predicted molar refractivity (Wildman–Crippen MR) is 68.2 cm³/mol. The monoisotopic (exact) mass is 237 g/mol. The Bertz CT molecular complexity index is 287. The van der Waals surface area contributed by atoms with Gasteiger partial charge in [0.05, 0.1) is 4.92 Å². The molecule has 0 amide bonds. The molecule has 3 nitrogen and oxygen atoms in total. The van der Waals surface area contributed by atoms with Crippen LogP contribution in [0.3, 0.4) is 0 Å². The van der Waals surface area contributed by atoms with Gasteiger partial charge in [-0.3, -0.25) is 10.1 Å². The number of nitrogens with zero attached hydrogens (tertiary/aromatic N) is 1. The lowest BCUT2D eigenvalue weighted by atomic mass is 9.83. The summed E-state index contributed by atoms with van der Waals surface area (Å²) in [5, 5.41) is 11.2. The normalized spacial score (nSPS) is 24.8. The highest BCUT2D eigenvalue weighted by molar-refractivity contribution is 5.02. The molecule has 0 atom stereocenters. The summed E-state index contributed by atoms with van der Waals surface area (Å²) in [6, 6.07) is 0. The molecule has 3 heteroatoms. The fourth-order valence-corrected chi connectivity index (χ4v) is 3.29. The summed E-state index contributed by atoms with van der Waals surface area (Å²) in [5.74, 6) is 0.715. The fraction of sp³-hybridized carbons (Fsp3) is 0.857. The van der Waals surface area contributed by atoms with Gasteiger partial charge in [0.15, 0.2) is 0 Å². The maximum Gasteiger partial charge on any atom is 0.245 e. The molecule has 2 aliphatic rings. The highest BCUT2D eigenvalue weighted by Gasteiger charge is 2.27. The Kier molecular flexibility index (Phi) is 4.57. The first kappa shape index (κ1) is 12.6. The van der Waals surface area contributed by atoms with Crippen LogP contribution in [-0.4, -0.2) is 4.92 Å². The van der Waals surface area contributed by atoms with Crippen LogP contribution in [0.15, 0.2) is 11.8 Å². The lowest BCUT2D eigenvalue weighted by Crippen LogP contribution is -2.17. The van der Waals surface area contributed by atoms with Crippen LogP contribution >= 0.6 is 0 Å². The Balaban J connectivity index is 2.04. The second-order valence-corrected chi connectivity index (χ2v) is 5.58. The van der Waals surface area contributed by atoms with Crippen LogP contribution in [0.2, 0.25) is 0 Å². The summed E-state index contributed by atoms with van der Waals surface area (Å²) in [6.07, 6.45) is 13.8. The van der Waals surface area contributed by atoms with E-state index < -0.39 is 0 Å². The first-order valence-corrected chi connectivity index (χ1v) is 7.13. The number of nitro groups is 1. The van der Waals surface area contributed by atoms with Gasteiger partial charge in [0.2, 0.25) is 5.70 Å². The largest absolute Gasteiger partial charge is 0.259 e. The number of allylic oxidation sites excluding steroid dienone is 2. The number of hydrogen-bond donors (Lipinski definition) is 0. The third-order valence-electron chi connectivity index (χ3n) is 4.29. The van der Waals surface area contributed by atoms with E-state index >= 15 is 0 Å². The van der Waals surface area contributed by atoms with Crippen molar-refractivity contribution in [2.75, 3.05) is 0 Å². The van der Waals surface area contributed by atoms with Gasteiger partial charge in [-0.15, -0.1) is 0 Å². The average molecular weight is 237 g/mol. The van der Waals surface area contributed by atoms with E-state index in [-0.39, 0.29) is 10.8 Å². The minimum Gasteiger partial charge on any atom is -0.259 e. The molecule has 2 aliphatic carbocycles. The minimum atomic E-state index is -0.107. The van der Waals surface area contributed by atoms with E-state index in [1.54, 1.807) is 0 Å². The van der Waals surface area contributed by atoms with E-state index in [9.17, 15) is 10.1 Å². The minimum absolute atomic E-state index is 0.107. The highest BCUT2D eigenvalue weighted by Crippen LogP contribution is 2.33. The average Bonchev–Trinajstić information content (AvgIpc) is 2.38. The summed E-state index contributed by atoms with van der Waals surface area (Å²) in [7, 11) is 0. The second-order valence-electron chi connectivity index (χ2n) is 5.58. The molecule has 2 saturated carbocycles. The zero-order valence-corrected chi connectivity index (χ0v) is 10.6. The van der Waals surface area contributed by atoms with Gasteiger partial charge in [-0.25, -0.2) is 0 Å². The molecule has 0 unspecified atom stereocenters. The van der Waals surface area contributed by atoms with Crippen LogP contribution < -0.4 is 0 Å². The van der Waals surface area contributed by atoms with E-state index in [4.69, 9.17) is 0 Å². The van der Waals surface area contributed by atoms with Crippen LogP contribution in [-0.2, 0) is 0 Å². The van der Waals surface area contributed by atoms with Gasteiger partial charge in [-0.05, 0) is 37.7 Å². The second kappa shape index (κ2) is 6.18. The molecule has 0 aromatic rings. The van der Waals surface area contributed by atoms with E-state index in [0.717, 1.165) is 25.7 Å². The summed E-state index contributed by atoms with van der Waals surface area (Å²) >= 11 is 0. The maximum atomic E-state index is 11.2. The van der Waals surface area contributed by atoms with Crippen LogP contribution in [0.25, 0.3) is 0 Å². The first-order valence-electron chi connectivity index (χ1n) is 7.13. The summed E-state index contributed by atoms with van der Waals surface area (Å²) in [6.45, 7) is 0. The van der Waals surface area contributed by atoms with Crippen molar-refractivity contribution in [2.24, 2.45) is 11.8 Å². The Morgan fingerprint density at radius 2 is 1.47 bits per heavy atom. The quantitative estimate of drug-likeness (QED) is 0.542. The summed E-state index contributed by atoms with van der Waals surface area (Å²) < 4.78 is 0. The summed E-state index contributed by atoms with van der Waals surface area (Å²) in [5.41, 5.74) is 0.539. The van der Waals surface area contributed by atoms with Gasteiger partial charge in [-0.2, -0.15) is 0 Å². The molecule has 0 N–H and O–H groups in total. The van der Waals surface area contributed by atoms with Crippen molar-refractivity contribution in [3.63, 3.8) is 0 Å². The van der Waals surface area contributed by atoms with Crippen molar-refractivity contribution in [2.45, 2.75) is 64.2 Å². The molecule has 96 valence electrons. The molecule has 2 rings (SSSR count). The van der Waals surface area contributed by atoms with E-state index in [2.05, 4.69) is 0 Å². The van der Waals surface area contributed by atoms with Gasteiger partial charge in [0.1, 0.15) is 0 Å². The van der Waals surface area contributed by atoms with Crippen molar-refractivity contribution in [1.82, 2.24) is 0 Å². The number of hydrogen-bond acceptors (Lipinski definition) is 2. The Hall–Kier alpha value is -0.860. The zero-order valence-electron chi connectivity index (χ0n) is 10.6. The lowest BCUT2D eigenvalue weighted by Gasteiger charge is -2.22. The van der Waals surface area contributed by atoms with Gasteiger partial charge in [0, 0.05) is 5.92 Å². The molecular weight excluding hydrogens is 214 g/mol. The van der Waals surface area contributed by atoms with Crippen LogP contribution in [0.4, 0.5) is 0 Å². The molecule has 0 saturated heterocycles. The standard InChI is InChI=1S/C14H23NO2/c16-15(17)14(13-9-5-2-6-10-13)11-12-7-3-1-4-8-12/h11-13H,1-10H2. The van der Waals surface area contributed by atoms with Gasteiger partial charge in [0.25, 0.3) is 0 Å². The first-order chi connectivity index (χ1) is 8.27. The van der Waals surface area contributed by atoms with Crippen LogP contribution in [0.5, 0.6) is 0 Å². The van der Waals surface area contributed by atoms with Crippen molar-refractivity contribution in [1.29, 1.82) is 0 Å². The lowest BCUT2D eigenvalue weighted by molar-refractivity contribution is -0.435. The fourth-order valence-electron chi connectivity index (χ4n) is 3.29. The molecule has 0 spiro atoms. The van der Waals surface area contributed by atoms with Crippen molar-refractivity contribution in [3.8, 4) is 0 Å². The molecule has 0 bridgehead atoms. The molecule has 17 heavy (non-hydrogen) atoms. The SMILES string of the molecule is O=[N+]([O-])C(=CC1CCCCC1)C1CCCCC1.